The summed E-state index contributed by atoms with van der Waals surface area (Å²) in [5.74, 6) is 4.41. The standard InChI is InChI=1S/C20H26O3/c21-17(16-1-2-18-19(8-16)23-4-3-22-18)12-20-9-13-5-14(10-20)7-15(6-13)11-20/h1-2,8,13-15,17,21H,3-7,9-12H2/t13?,14?,15?,17-,20?/m0/s1. The van der Waals surface area contributed by atoms with Crippen LogP contribution in [-0.2, 0) is 0 Å². The Morgan fingerprint density at radius 3 is 2.22 bits per heavy atom. The van der Waals surface area contributed by atoms with Crippen LogP contribution in [0.25, 0.3) is 0 Å². The van der Waals surface area contributed by atoms with Crippen molar-refractivity contribution in [3.8, 4) is 11.5 Å². The summed E-state index contributed by atoms with van der Waals surface area (Å²) in [6.07, 6.45) is 8.97. The van der Waals surface area contributed by atoms with Crippen molar-refractivity contribution in [2.24, 2.45) is 23.2 Å². The van der Waals surface area contributed by atoms with Crippen LogP contribution in [0.15, 0.2) is 18.2 Å². The molecule has 0 spiro atoms. The number of fused-ring (bicyclic) bond motifs is 1. The Kier molecular flexibility index (Phi) is 3.16. The molecule has 1 atom stereocenters. The summed E-state index contributed by atoms with van der Waals surface area (Å²) in [5.41, 5.74) is 1.39. The molecule has 23 heavy (non-hydrogen) atoms. The quantitative estimate of drug-likeness (QED) is 0.913. The van der Waals surface area contributed by atoms with Crippen LogP contribution in [0.4, 0.5) is 0 Å². The Hall–Kier alpha value is -1.22. The molecule has 0 saturated heterocycles. The van der Waals surface area contributed by atoms with Crippen LogP contribution >= 0.6 is 0 Å². The van der Waals surface area contributed by atoms with Gasteiger partial charge in [-0.05, 0) is 85.8 Å². The molecule has 1 aromatic carbocycles. The van der Waals surface area contributed by atoms with Crippen molar-refractivity contribution in [2.75, 3.05) is 13.2 Å². The van der Waals surface area contributed by atoms with Gasteiger partial charge in [-0.3, -0.25) is 0 Å². The summed E-state index contributed by atoms with van der Waals surface area (Å²) in [7, 11) is 0. The van der Waals surface area contributed by atoms with Crippen LogP contribution in [0.5, 0.6) is 11.5 Å². The Balaban J connectivity index is 1.36. The fourth-order valence-corrected chi connectivity index (χ4v) is 6.34. The molecule has 3 nitrogen and oxygen atoms in total. The van der Waals surface area contributed by atoms with Crippen LogP contribution in [-0.4, -0.2) is 18.3 Å². The van der Waals surface area contributed by atoms with E-state index in [0.29, 0.717) is 18.6 Å². The zero-order chi connectivity index (χ0) is 15.4. The zero-order valence-corrected chi connectivity index (χ0v) is 13.7. The van der Waals surface area contributed by atoms with Gasteiger partial charge in [0, 0.05) is 0 Å². The van der Waals surface area contributed by atoms with Crippen LogP contribution in [0.3, 0.4) is 0 Å². The number of rotatable bonds is 3. The Bertz CT molecular complexity index is 574. The minimum absolute atomic E-state index is 0.373. The van der Waals surface area contributed by atoms with Gasteiger partial charge in [-0.15, -0.1) is 0 Å². The van der Waals surface area contributed by atoms with Gasteiger partial charge in [-0.2, -0.15) is 0 Å². The van der Waals surface area contributed by atoms with Crippen LogP contribution in [0.2, 0.25) is 0 Å². The highest BCUT2D eigenvalue weighted by Crippen LogP contribution is 2.62. The van der Waals surface area contributed by atoms with Crippen molar-refractivity contribution in [2.45, 2.75) is 51.0 Å². The first kappa shape index (κ1) is 14.2. The molecular formula is C20H26O3. The third-order valence-corrected chi connectivity index (χ3v) is 6.74. The Morgan fingerprint density at radius 1 is 0.957 bits per heavy atom. The summed E-state index contributed by atoms with van der Waals surface area (Å²) in [6.45, 7) is 1.21. The van der Waals surface area contributed by atoms with Crippen LogP contribution in [0.1, 0.15) is 56.6 Å². The van der Waals surface area contributed by atoms with Crippen molar-refractivity contribution >= 4 is 0 Å². The van der Waals surface area contributed by atoms with E-state index in [9.17, 15) is 5.11 Å². The fourth-order valence-electron chi connectivity index (χ4n) is 6.34. The van der Waals surface area contributed by atoms with Gasteiger partial charge in [0.05, 0.1) is 6.10 Å². The van der Waals surface area contributed by atoms with E-state index in [-0.39, 0.29) is 6.10 Å². The van der Waals surface area contributed by atoms with E-state index in [1.165, 1.54) is 38.5 Å². The highest BCUT2D eigenvalue weighted by molar-refractivity contribution is 5.44. The summed E-state index contributed by atoms with van der Waals surface area (Å²) < 4.78 is 11.3. The van der Waals surface area contributed by atoms with Crippen molar-refractivity contribution in [3.05, 3.63) is 23.8 Å². The average molecular weight is 314 g/mol. The van der Waals surface area contributed by atoms with Gasteiger partial charge in [0.1, 0.15) is 13.2 Å². The van der Waals surface area contributed by atoms with E-state index in [1.54, 1.807) is 0 Å². The lowest BCUT2D eigenvalue weighted by Crippen LogP contribution is -2.46. The lowest BCUT2D eigenvalue weighted by Gasteiger charge is -2.57. The molecule has 124 valence electrons. The fraction of sp³-hybridized carbons (Fsp3) is 0.700. The zero-order valence-electron chi connectivity index (χ0n) is 13.7. The summed E-state index contributed by atoms with van der Waals surface area (Å²) in [6, 6.07) is 5.95. The maximum Gasteiger partial charge on any atom is 0.161 e. The van der Waals surface area contributed by atoms with E-state index < -0.39 is 0 Å². The van der Waals surface area contributed by atoms with Crippen molar-refractivity contribution < 1.29 is 14.6 Å². The largest absolute Gasteiger partial charge is 0.486 e. The SMILES string of the molecule is O[C@@H](CC12CC3CC(CC(C3)C1)C2)c1ccc2c(c1)OCCO2. The van der Waals surface area contributed by atoms with Crippen LogP contribution < -0.4 is 9.47 Å². The van der Waals surface area contributed by atoms with Gasteiger partial charge in [-0.1, -0.05) is 6.07 Å². The maximum atomic E-state index is 10.9. The molecule has 4 bridgehead atoms. The van der Waals surface area contributed by atoms with E-state index in [2.05, 4.69) is 0 Å². The van der Waals surface area contributed by atoms with Gasteiger partial charge in [0.15, 0.2) is 11.5 Å². The maximum absolute atomic E-state index is 10.9. The molecule has 1 heterocycles. The molecule has 4 fully saturated rings. The third-order valence-electron chi connectivity index (χ3n) is 6.74. The number of aliphatic hydroxyl groups is 1. The monoisotopic (exact) mass is 314 g/mol. The second kappa shape index (κ2) is 5.14. The molecule has 0 aromatic heterocycles. The minimum Gasteiger partial charge on any atom is -0.486 e. The summed E-state index contributed by atoms with van der Waals surface area (Å²) in [5, 5.41) is 10.9. The summed E-state index contributed by atoms with van der Waals surface area (Å²) >= 11 is 0. The average Bonchev–Trinajstić information content (AvgIpc) is 2.52. The van der Waals surface area contributed by atoms with Crippen LogP contribution in [0, 0.1) is 23.2 Å². The predicted octanol–water partition coefficient (Wildman–Crippen LogP) is 4.10. The van der Waals surface area contributed by atoms with Crippen molar-refractivity contribution in [3.63, 3.8) is 0 Å². The van der Waals surface area contributed by atoms with E-state index in [0.717, 1.165) is 41.2 Å². The Morgan fingerprint density at radius 2 is 1.57 bits per heavy atom. The highest BCUT2D eigenvalue weighted by Gasteiger charge is 2.51. The molecule has 6 rings (SSSR count). The molecule has 5 aliphatic rings. The minimum atomic E-state index is -0.373. The number of benzene rings is 1. The van der Waals surface area contributed by atoms with Gasteiger partial charge < -0.3 is 14.6 Å². The van der Waals surface area contributed by atoms with E-state index in [4.69, 9.17) is 9.47 Å². The lowest BCUT2D eigenvalue weighted by molar-refractivity contribution is -0.0764. The van der Waals surface area contributed by atoms with E-state index in [1.807, 2.05) is 18.2 Å². The molecule has 3 heteroatoms. The molecule has 1 aliphatic heterocycles. The molecule has 1 N–H and O–H groups in total. The van der Waals surface area contributed by atoms with Crippen molar-refractivity contribution in [1.29, 1.82) is 0 Å². The molecule has 4 aliphatic carbocycles. The number of aliphatic hydroxyl groups excluding tert-OH is 1. The van der Waals surface area contributed by atoms with Gasteiger partial charge in [-0.25, -0.2) is 0 Å². The van der Waals surface area contributed by atoms with Gasteiger partial charge in [0.2, 0.25) is 0 Å². The first-order valence-electron chi connectivity index (χ1n) is 9.27. The lowest BCUT2D eigenvalue weighted by atomic mass is 9.48. The van der Waals surface area contributed by atoms with Gasteiger partial charge >= 0.3 is 0 Å². The summed E-state index contributed by atoms with van der Waals surface area (Å²) in [4.78, 5) is 0. The second-order valence-electron chi connectivity index (χ2n) is 8.54. The highest BCUT2D eigenvalue weighted by atomic mass is 16.6. The normalized spacial score (nSPS) is 38.6. The first-order chi connectivity index (χ1) is 11.2. The Labute approximate surface area is 138 Å². The molecular weight excluding hydrogens is 288 g/mol. The topological polar surface area (TPSA) is 38.7 Å². The molecule has 1 aromatic rings. The first-order valence-corrected chi connectivity index (χ1v) is 9.27. The third kappa shape index (κ3) is 2.44. The number of hydrogen-bond donors (Lipinski definition) is 1. The predicted molar refractivity (Wildman–Crippen MR) is 87.6 cm³/mol. The van der Waals surface area contributed by atoms with E-state index >= 15 is 0 Å². The smallest absolute Gasteiger partial charge is 0.161 e. The second-order valence-corrected chi connectivity index (χ2v) is 8.54. The number of hydrogen-bond acceptors (Lipinski definition) is 3. The number of ether oxygens (including phenoxy) is 2. The van der Waals surface area contributed by atoms with Gasteiger partial charge in [0.25, 0.3) is 0 Å². The molecule has 0 unspecified atom stereocenters. The molecule has 0 amide bonds. The van der Waals surface area contributed by atoms with Crippen molar-refractivity contribution in [1.82, 2.24) is 0 Å². The molecule has 0 radical (unpaired) electrons. The molecule has 4 saturated carbocycles.